The highest BCUT2D eigenvalue weighted by Crippen LogP contribution is 2.44. The third-order valence-corrected chi connectivity index (χ3v) is 9.28. The van der Waals surface area contributed by atoms with Gasteiger partial charge in [-0.05, 0) is 59.4 Å². The van der Waals surface area contributed by atoms with E-state index in [0.717, 1.165) is 27.2 Å². The van der Waals surface area contributed by atoms with E-state index in [1.54, 1.807) is 24.3 Å². The molecule has 1 aliphatic rings. The van der Waals surface area contributed by atoms with Crippen LogP contribution in [0.3, 0.4) is 0 Å². The van der Waals surface area contributed by atoms with Crippen molar-refractivity contribution in [1.29, 1.82) is 0 Å². The predicted octanol–water partition coefficient (Wildman–Crippen LogP) is 3.32. The minimum Gasteiger partial charge on any atom is -0.484 e. The summed E-state index contributed by atoms with van der Waals surface area (Å²) in [6.45, 7) is 2.98. The second-order valence-electron chi connectivity index (χ2n) is 13.2. The first kappa shape index (κ1) is 39.0. The molecule has 1 aliphatic carbocycles. The molecule has 5 aromatic rings. The van der Waals surface area contributed by atoms with Crippen molar-refractivity contribution in [1.82, 2.24) is 34.6 Å². The fourth-order valence-electron chi connectivity index (χ4n) is 6.72. The average Bonchev–Trinajstić information content (AvgIpc) is 3.78. The van der Waals surface area contributed by atoms with Gasteiger partial charge in [-0.25, -0.2) is 14.6 Å². The lowest BCUT2D eigenvalue weighted by Gasteiger charge is -2.21. The number of hydrogen-bond donors (Lipinski definition) is 4. The van der Waals surface area contributed by atoms with Gasteiger partial charge in [0.25, 0.3) is 11.5 Å². The zero-order chi connectivity index (χ0) is 39.8. The fourth-order valence-corrected chi connectivity index (χ4v) is 6.72. The number of ether oxygens (including phenoxy) is 2. The fraction of sp³-hybridized carbons (Fsp3) is 0.325. The maximum absolute atomic E-state index is 13.1. The zero-order valence-electron chi connectivity index (χ0n) is 31.1. The van der Waals surface area contributed by atoms with Crippen molar-refractivity contribution < 1.29 is 33.8 Å². The third-order valence-electron chi connectivity index (χ3n) is 9.28. The van der Waals surface area contributed by atoms with Gasteiger partial charge in [0.05, 0.1) is 0 Å². The summed E-state index contributed by atoms with van der Waals surface area (Å²) in [7, 11) is 0. The number of aromatic nitrogens is 4. The third kappa shape index (κ3) is 8.64. The van der Waals surface area contributed by atoms with Gasteiger partial charge in [-0.15, -0.1) is 0 Å². The van der Waals surface area contributed by atoms with Crippen LogP contribution < -0.4 is 26.6 Å². The van der Waals surface area contributed by atoms with Gasteiger partial charge in [0.2, 0.25) is 5.91 Å². The van der Waals surface area contributed by atoms with Gasteiger partial charge in [-0.1, -0.05) is 62.4 Å². The molecule has 2 aromatic heterocycles. The largest absolute Gasteiger partial charge is 0.484 e. The molecule has 0 radical (unpaired) electrons. The van der Waals surface area contributed by atoms with Gasteiger partial charge in [-0.3, -0.25) is 33.2 Å². The number of aliphatic carboxylic acids is 1. The lowest BCUT2D eigenvalue weighted by molar-refractivity contribution is -0.138. The van der Waals surface area contributed by atoms with Crippen LogP contribution >= 0.6 is 0 Å². The Morgan fingerprint density at radius 1 is 0.821 bits per heavy atom. The number of nitrogens with zero attached hydrogens (tertiary/aromatic N) is 4. The molecule has 16 heteroatoms. The molecule has 0 aliphatic heterocycles. The Morgan fingerprint density at radius 3 is 2.05 bits per heavy atom. The van der Waals surface area contributed by atoms with Crippen LogP contribution in [-0.2, 0) is 32.2 Å². The van der Waals surface area contributed by atoms with Crippen LogP contribution in [0.2, 0.25) is 0 Å². The summed E-state index contributed by atoms with van der Waals surface area (Å²) in [5, 5.41) is 14.6. The summed E-state index contributed by atoms with van der Waals surface area (Å²) in [6.07, 6.45) is 0.386. The lowest BCUT2D eigenvalue weighted by atomic mass is 9.98. The molecule has 6 rings (SSSR count). The summed E-state index contributed by atoms with van der Waals surface area (Å²) in [5.41, 5.74) is 4.47. The van der Waals surface area contributed by atoms with Gasteiger partial charge in [-0.2, -0.15) is 0 Å². The van der Waals surface area contributed by atoms with Gasteiger partial charge in [0, 0.05) is 37.7 Å². The number of amides is 3. The van der Waals surface area contributed by atoms with E-state index in [0.29, 0.717) is 48.7 Å². The Hall–Kier alpha value is -6.71. The van der Waals surface area contributed by atoms with Crippen LogP contribution in [0.5, 0.6) is 5.75 Å². The van der Waals surface area contributed by atoms with Crippen molar-refractivity contribution in [2.24, 2.45) is 0 Å². The highest BCUT2D eigenvalue weighted by Gasteiger charge is 2.30. The molecule has 0 fully saturated rings. The minimum atomic E-state index is -1.31. The van der Waals surface area contributed by atoms with E-state index in [2.05, 4.69) is 20.6 Å². The smallest absolute Gasteiger partial charge is 0.410 e. The molecule has 3 amide bonds. The van der Waals surface area contributed by atoms with Gasteiger partial charge in [0.15, 0.2) is 12.3 Å². The van der Waals surface area contributed by atoms with Gasteiger partial charge in [0.1, 0.15) is 36.8 Å². The van der Waals surface area contributed by atoms with E-state index < -0.39 is 42.5 Å². The van der Waals surface area contributed by atoms with Crippen LogP contribution in [0.4, 0.5) is 4.79 Å². The van der Waals surface area contributed by atoms with E-state index in [9.17, 15) is 33.9 Å². The first-order chi connectivity index (χ1) is 27.1. The first-order valence-corrected chi connectivity index (χ1v) is 18.4. The quantitative estimate of drug-likeness (QED) is 0.102. The second-order valence-corrected chi connectivity index (χ2v) is 13.2. The molecule has 4 N–H and O–H groups in total. The molecule has 3 aromatic carbocycles. The number of rotatable bonds is 17. The predicted molar refractivity (Wildman–Crippen MR) is 206 cm³/mol. The number of carbonyl (C=O) groups is 4. The highest BCUT2D eigenvalue weighted by atomic mass is 16.6. The number of benzene rings is 3. The van der Waals surface area contributed by atoms with Gasteiger partial charge < -0.3 is 30.2 Å². The van der Waals surface area contributed by atoms with Crippen molar-refractivity contribution in [2.45, 2.75) is 45.7 Å². The van der Waals surface area contributed by atoms with Crippen molar-refractivity contribution >= 4 is 35.0 Å². The number of aromatic amines is 1. The van der Waals surface area contributed by atoms with E-state index in [1.165, 1.54) is 9.13 Å². The summed E-state index contributed by atoms with van der Waals surface area (Å²) in [5.74, 6) is -1.82. The van der Waals surface area contributed by atoms with Crippen molar-refractivity contribution in [2.75, 3.05) is 39.4 Å². The molecule has 0 atom stereocenters. The standard InChI is InChI=1S/C40H43N7O9/c1-3-19-46-37-35(38(52)47(20-4-2)39(46)53)43-36(44-37)25-13-15-26(16-14-25)55-24-33(49)42-18-17-41-32(48)21-45(22-34(50)51)40(54)56-23-31-29-11-7-5-9-27(29)28-10-6-8-12-30(28)31/h5-16,31H,3-4,17-24H2,1-2H3,(H,41,48)(H,42,49)(H,43,44)(H,50,51). The SMILES string of the molecule is CCCn1c(=O)c2[nH]c(-c3ccc(OCC(=O)NCCNC(=O)CN(CC(=O)O)C(=O)OCC4c5ccccc5-c5ccccc54)cc3)nc2n(CCC)c1=O. The van der Waals surface area contributed by atoms with Crippen LogP contribution in [0.25, 0.3) is 33.7 Å². The molecule has 2 heterocycles. The maximum Gasteiger partial charge on any atom is 0.410 e. The molecule has 0 saturated heterocycles. The summed E-state index contributed by atoms with van der Waals surface area (Å²) >= 11 is 0. The molecule has 0 spiro atoms. The number of carbonyl (C=O) groups excluding carboxylic acids is 3. The number of hydrogen-bond acceptors (Lipinski definition) is 9. The Balaban J connectivity index is 0.955. The number of carboxylic acid groups (broad SMARTS) is 1. The number of aryl methyl sites for hydroxylation is 1. The number of carboxylic acids is 1. The zero-order valence-corrected chi connectivity index (χ0v) is 31.1. The Labute approximate surface area is 321 Å². The maximum atomic E-state index is 13.1. The second kappa shape index (κ2) is 17.6. The first-order valence-electron chi connectivity index (χ1n) is 18.4. The van der Waals surface area contributed by atoms with Crippen molar-refractivity contribution in [3.63, 3.8) is 0 Å². The van der Waals surface area contributed by atoms with Crippen LogP contribution in [-0.4, -0.2) is 92.4 Å². The minimum absolute atomic E-state index is 0.0119. The molecule has 292 valence electrons. The average molecular weight is 766 g/mol. The Kier molecular flexibility index (Phi) is 12.3. The number of H-pyrrole nitrogens is 1. The van der Waals surface area contributed by atoms with Crippen molar-refractivity contribution in [3.8, 4) is 28.3 Å². The van der Waals surface area contributed by atoms with E-state index in [4.69, 9.17) is 9.47 Å². The monoisotopic (exact) mass is 765 g/mol. The molecular weight excluding hydrogens is 722 g/mol. The van der Waals surface area contributed by atoms with E-state index >= 15 is 0 Å². The molecule has 16 nitrogen and oxygen atoms in total. The molecule has 0 bridgehead atoms. The Morgan fingerprint density at radius 2 is 1.43 bits per heavy atom. The Bertz CT molecular complexity index is 2320. The molecule has 0 unspecified atom stereocenters. The van der Waals surface area contributed by atoms with Crippen LogP contribution in [0.15, 0.2) is 82.4 Å². The number of fused-ring (bicyclic) bond motifs is 4. The highest BCUT2D eigenvalue weighted by molar-refractivity contribution is 5.85. The van der Waals surface area contributed by atoms with E-state index in [-0.39, 0.29) is 43.4 Å². The summed E-state index contributed by atoms with van der Waals surface area (Å²) in [4.78, 5) is 84.1. The summed E-state index contributed by atoms with van der Waals surface area (Å²) in [6, 6.07) is 22.3. The number of imidazole rings is 1. The molecule has 56 heavy (non-hydrogen) atoms. The normalized spacial score (nSPS) is 11.8. The van der Waals surface area contributed by atoms with Crippen LogP contribution in [0, 0.1) is 0 Å². The molecule has 0 saturated carbocycles. The topological polar surface area (TPSA) is 207 Å². The van der Waals surface area contributed by atoms with Crippen molar-refractivity contribution in [3.05, 3.63) is 105 Å². The molecular formula is C40H43N7O9. The number of nitrogens with one attached hydrogen (secondary N) is 3. The van der Waals surface area contributed by atoms with Gasteiger partial charge >= 0.3 is 17.8 Å². The summed E-state index contributed by atoms with van der Waals surface area (Å²) < 4.78 is 13.9. The lowest BCUT2D eigenvalue weighted by Crippen LogP contribution is -2.45. The van der Waals surface area contributed by atoms with Crippen LogP contribution in [0.1, 0.15) is 43.7 Å². The van der Waals surface area contributed by atoms with E-state index in [1.807, 2.05) is 62.4 Å².